The lowest BCUT2D eigenvalue weighted by molar-refractivity contribution is -0.266. The van der Waals surface area contributed by atoms with Crippen molar-refractivity contribution in [3.8, 4) is 5.75 Å². The number of alkyl halides is 3. The topological polar surface area (TPSA) is 42.4 Å². The van der Waals surface area contributed by atoms with E-state index in [2.05, 4.69) is 4.98 Å². The van der Waals surface area contributed by atoms with Crippen LogP contribution in [0.5, 0.6) is 5.75 Å². The fourth-order valence-electron chi connectivity index (χ4n) is 4.49. The summed E-state index contributed by atoms with van der Waals surface area (Å²) in [5, 5.41) is 11.6. The van der Waals surface area contributed by atoms with Crippen molar-refractivity contribution in [2.24, 2.45) is 0 Å². The Balaban J connectivity index is 1.75. The van der Waals surface area contributed by atoms with Gasteiger partial charge in [-0.25, -0.2) is 4.39 Å². The monoisotopic (exact) mass is 433 g/mol. The molecule has 2 aromatic carbocycles. The Kier molecular flexibility index (Phi) is 5.20. The summed E-state index contributed by atoms with van der Waals surface area (Å²) in [6.45, 7) is 3.50. The van der Waals surface area contributed by atoms with E-state index < -0.39 is 35.9 Å². The summed E-state index contributed by atoms with van der Waals surface area (Å²) >= 11 is 0. The SMILES string of the molecule is CC(C)(CC(O)(Cc1ccnc2ccccc12)C(F)(F)F)c1cc(F)cc2c1OCC2. The summed E-state index contributed by atoms with van der Waals surface area (Å²) < 4.78 is 62.5. The average molecular weight is 433 g/mol. The fraction of sp³-hybridized carbons (Fsp3) is 0.375. The summed E-state index contributed by atoms with van der Waals surface area (Å²) in [6, 6.07) is 10.9. The maximum atomic E-state index is 14.2. The van der Waals surface area contributed by atoms with Gasteiger partial charge in [-0.05, 0) is 41.7 Å². The first kappa shape index (κ1) is 21.6. The first-order chi connectivity index (χ1) is 14.5. The highest BCUT2D eigenvalue weighted by Gasteiger charge is 2.56. The molecule has 164 valence electrons. The molecule has 1 atom stereocenters. The van der Waals surface area contributed by atoms with E-state index in [1.807, 2.05) is 0 Å². The molecule has 1 aliphatic heterocycles. The van der Waals surface area contributed by atoms with Crippen LogP contribution >= 0.6 is 0 Å². The number of aromatic nitrogens is 1. The van der Waals surface area contributed by atoms with Gasteiger partial charge in [-0.1, -0.05) is 32.0 Å². The zero-order valence-corrected chi connectivity index (χ0v) is 17.3. The van der Waals surface area contributed by atoms with Crippen LogP contribution in [0.15, 0.2) is 48.7 Å². The number of hydrogen-bond donors (Lipinski definition) is 1. The Labute approximate surface area is 177 Å². The van der Waals surface area contributed by atoms with Gasteiger partial charge >= 0.3 is 6.18 Å². The minimum absolute atomic E-state index is 0.335. The van der Waals surface area contributed by atoms with Crippen molar-refractivity contribution in [3.63, 3.8) is 0 Å². The normalized spacial score (nSPS) is 16.1. The predicted molar refractivity (Wildman–Crippen MR) is 110 cm³/mol. The van der Waals surface area contributed by atoms with E-state index in [4.69, 9.17) is 4.74 Å². The van der Waals surface area contributed by atoms with Crippen LogP contribution in [0.3, 0.4) is 0 Å². The molecule has 1 aromatic heterocycles. The standard InChI is InChI=1S/C24H23F4NO2/c1-22(2,19-12-17(25)11-15-8-10-31-21(15)19)14-23(30,24(26,27)28)13-16-7-9-29-20-6-4-3-5-18(16)20/h3-7,9,11-12,30H,8,10,13-14H2,1-2H3. The van der Waals surface area contributed by atoms with E-state index in [0.717, 1.165) is 0 Å². The van der Waals surface area contributed by atoms with Crippen molar-refractivity contribution < 1.29 is 27.4 Å². The molecule has 31 heavy (non-hydrogen) atoms. The van der Waals surface area contributed by atoms with Gasteiger partial charge in [-0.15, -0.1) is 0 Å². The number of benzene rings is 2. The first-order valence-corrected chi connectivity index (χ1v) is 10.1. The summed E-state index contributed by atoms with van der Waals surface area (Å²) in [6.07, 6.45) is -4.25. The van der Waals surface area contributed by atoms with Crippen LogP contribution in [-0.2, 0) is 18.3 Å². The van der Waals surface area contributed by atoms with Crippen LogP contribution in [0, 0.1) is 5.82 Å². The fourth-order valence-corrected chi connectivity index (χ4v) is 4.49. The number of para-hydroxylation sites is 1. The van der Waals surface area contributed by atoms with Gasteiger partial charge in [0.05, 0.1) is 12.1 Å². The van der Waals surface area contributed by atoms with E-state index in [1.54, 1.807) is 38.1 Å². The Morgan fingerprint density at radius 3 is 2.58 bits per heavy atom. The molecule has 0 spiro atoms. The number of rotatable bonds is 5. The van der Waals surface area contributed by atoms with Gasteiger partial charge < -0.3 is 9.84 Å². The lowest BCUT2D eigenvalue weighted by Gasteiger charge is -2.38. The van der Waals surface area contributed by atoms with Crippen LogP contribution in [0.2, 0.25) is 0 Å². The number of halogens is 4. The molecule has 1 N–H and O–H groups in total. The van der Waals surface area contributed by atoms with Gasteiger partial charge in [-0.2, -0.15) is 13.2 Å². The number of aliphatic hydroxyl groups is 1. The molecule has 2 heterocycles. The van der Waals surface area contributed by atoms with Crippen molar-refractivity contribution in [3.05, 3.63) is 71.2 Å². The minimum Gasteiger partial charge on any atom is -0.493 e. The Hall–Kier alpha value is -2.67. The quantitative estimate of drug-likeness (QED) is 0.540. The first-order valence-electron chi connectivity index (χ1n) is 10.1. The van der Waals surface area contributed by atoms with Crippen LogP contribution in [0.4, 0.5) is 17.6 Å². The summed E-state index contributed by atoms with van der Waals surface area (Å²) in [7, 11) is 0. The molecule has 0 saturated heterocycles. The number of nitrogens with zero attached hydrogens (tertiary/aromatic N) is 1. The van der Waals surface area contributed by atoms with E-state index >= 15 is 0 Å². The number of ether oxygens (including phenoxy) is 1. The molecule has 0 aliphatic carbocycles. The largest absolute Gasteiger partial charge is 0.493 e. The Morgan fingerprint density at radius 1 is 1.10 bits per heavy atom. The molecule has 0 bridgehead atoms. The molecule has 0 saturated carbocycles. The van der Waals surface area contributed by atoms with Gasteiger partial charge in [0.15, 0.2) is 5.60 Å². The second kappa shape index (κ2) is 7.48. The molecule has 0 amide bonds. The minimum atomic E-state index is -4.90. The molecule has 3 aromatic rings. The molecule has 1 unspecified atom stereocenters. The molecule has 1 aliphatic rings. The molecule has 3 nitrogen and oxygen atoms in total. The summed E-state index contributed by atoms with van der Waals surface area (Å²) in [5.74, 6) is -0.103. The molecule has 0 radical (unpaired) electrons. The second-order valence-electron chi connectivity index (χ2n) is 8.79. The third-order valence-electron chi connectivity index (χ3n) is 5.96. The summed E-state index contributed by atoms with van der Waals surface area (Å²) in [4.78, 5) is 4.18. The van der Waals surface area contributed by atoms with E-state index in [9.17, 15) is 22.7 Å². The lowest BCUT2D eigenvalue weighted by Crippen LogP contribution is -2.50. The second-order valence-corrected chi connectivity index (χ2v) is 8.79. The van der Waals surface area contributed by atoms with Gasteiger partial charge in [0, 0.05) is 35.6 Å². The van der Waals surface area contributed by atoms with E-state index in [-0.39, 0.29) is 0 Å². The average Bonchev–Trinajstić information content (AvgIpc) is 3.14. The van der Waals surface area contributed by atoms with Crippen molar-refractivity contribution >= 4 is 10.9 Å². The van der Waals surface area contributed by atoms with Gasteiger partial charge in [0.1, 0.15) is 11.6 Å². The van der Waals surface area contributed by atoms with Crippen LogP contribution in [0.25, 0.3) is 10.9 Å². The molecular formula is C24H23F4NO2. The van der Waals surface area contributed by atoms with Crippen molar-refractivity contribution in [1.29, 1.82) is 0 Å². The van der Waals surface area contributed by atoms with Crippen LogP contribution < -0.4 is 4.74 Å². The summed E-state index contributed by atoms with van der Waals surface area (Å²) in [5.41, 5.74) is -2.36. The number of fused-ring (bicyclic) bond motifs is 2. The Bertz CT molecular complexity index is 1120. The van der Waals surface area contributed by atoms with Crippen molar-refractivity contribution in [2.75, 3.05) is 6.61 Å². The highest BCUT2D eigenvalue weighted by atomic mass is 19.4. The third kappa shape index (κ3) is 3.99. The smallest absolute Gasteiger partial charge is 0.417 e. The molecular weight excluding hydrogens is 410 g/mol. The van der Waals surface area contributed by atoms with Gasteiger partial charge in [-0.3, -0.25) is 4.98 Å². The van der Waals surface area contributed by atoms with Gasteiger partial charge in [0.25, 0.3) is 0 Å². The van der Waals surface area contributed by atoms with Crippen LogP contribution in [0.1, 0.15) is 37.0 Å². The van der Waals surface area contributed by atoms with Crippen molar-refractivity contribution in [1.82, 2.24) is 4.98 Å². The highest BCUT2D eigenvalue weighted by Crippen LogP contribution is 2.47. The number of hydrogen-bond acceptors (Lipinski definition) is 3. The van der Waals surface area contributed by atoms with Crippen molar-refractivity contribution in [2.45, 2.75) is 50.3 Å². The predicted octanol–water partition coefficient (Wildman–Crippen LogP) is 5.51. The zero-order valence-electron chi connectivity index (χ0n) is 17.3. The maximum Gasteiger partial charge on any atom is 0.417 e. The van der Waals surface area contributed by atoms with E-state index in [0.29, 0.717) is 46.4 Å². The number of pyridine rings is 1. The zero-order chi connectivity index (χ0) is 22.4. The lowest BCUT2D eigenvalue weighted by atomic mass is 9.72. The molecule has 4 rings (SSSR count). The maximum absolute atomic E-state index is 14.2. The molecule has 7 heteroatoms. The Morgan fingerprint density at radius 2 is 1.84 bits per heavy atom. The van der Waals surface area contributed by atoms with Crippen LogP contribution in [-0.4, -0.2) is 28.5 Å². The van der Waals surface area contributed by atoms with E-state index in [1.165, 1.54) is 24.4 Å². The molecule has 0 fully saturated rings. The van der Waals surface area contributed by atoms with Gasteiger partial charge in [0.2, 0.25) is 0 Å². The highest BCUT2D eigenvalue weighted by molar-refractivity contribution is 5.81. The third-order valence-corrected chi connectivity index (χ3v) is 5.96.